The summed E-state index contributed by atoms with van der Waals surface area (Å²) in [4.78, 5) is 10.3. The van der Waals surface area contributed by atoms with Crippen LogP contribution in [0, 0.1) is 17.4 Å². The second kappa shape index (κ2) is 7.71. The lowest BCUT2D eigenvalue weighted by molar-refractivity contribution is 0.415. The molecule has 1 fully saturated rings. The SMILES string of the molecule is COc1ccc(N2C(=S)N[C@H](c3ccccn3)[C@@H]2c2c(C)[nH]c(C)c2I)cc1. The van der Waals surface area contributed by atoms with Crippen LogP contribution in [0.5, 0.6) is 5.75 Å². The normalized spacial score (nSPS) is 19.0. The molecule has 3 aromatic rings. The minimum Gasteiger partial charge on any atom is -0.497 e. The van der Waals surface area contributed by atoms with Gasteiger partial charge in [-0.25, -0.2) is 0 Å². The third kappa shape index (κ3) is 3.26. The van der Waals surface area contributed by atoms with Crippen molar-refractivity contribution >= 4 is 45.6 Å². The zero-order valence-corrected chi connectivity index (χ0v) is 18.8. The van der Waals surface area contributed by atoms with E-state index >= 15 is 0 Å². The summed E-state index contributed by atoms with van der Waals surface area (Å²) in [6, 6.07) is 14.0. The first-order valence-corrected chi connectivity index (χ1v) is 10.5. The number of hydrogen-bond donors (Lipinski definition) is 2. The number of ether oxygens (including phenoxy) is 1. The number of hydrogen-bond acceptors (Lipinski definition) is 3. The maximum Gasteiger partial charge on any atom is 0.174 e. The van der Waals surface area contributed by atoms with Gasteiger partial charge >= 0.3 is 0 Å². The van der Waals surface area contributed by atoms with Crippen LogP contribution in [0.4, 0.5) is 5.69 Å². The van der Waals surface area contributed by atoms with E-state index in [1.807, 2.05) is 48.7 Å². The van der Waals surface area contributed by atoms with Crippen LogP contribution in [0.3, 0.4) is 0 Å². The van der Waals surface area contributed by atoms with Gasteiger partial charge in [0.25, 0.3) is 0 Å². The maximum absolute atomic E-state index is 5.77. The third-order valence-electron chi connectivity index (χ3n) is 5.09. The summed E-state index contributed by atoms with van der Waals surface area (Å²) in [5.74, 6) is 0.822. The lowest BCUT2D eigenvalue weighted by Gasteiger charge is -2.28. The van der Waals surface area contributed by atoms with Gasteiger partial charge in [0.2, 0.25) is 0 Å². The Labute approximate surface area is 183 Å². The zero-order chi connectivity index (χ0) is 19.8. The number of aryl methyl sites for hydroxylation is 2. The van der Waals surface area contributed by atoms with E-state index < -0.39 is 0 Å². The number of benzene rings is 1. The van der Waals surface area contributed by atoms with Crippen LogP contribution >= 0.6 is 34.8 Å². The van der Waals surface area contributed by atoms with Crippen molar-refractivity contribution in [2.75, 3.05) is 12.0 Å². The van der Waals surface area contributed by atoms with Crippen LogP contribution in [-0.2, 0) is 0 Å². The maximum atomic E-state index is 5.77. The van der Waals surface area contributed by atoms with Crippen LogP contribution in [0.15, 0.2) is 48.7 Å². The number of nitrogens with one attached hydrogen (secondary N) is 2. The number of pyridine rings is 1. The Morgan fingerprint density at radius 3 is 2.43 bits per heavy atom. The van der Waals surface area contributed by atoms with Gasteiger partial charge in [-0.1, -0.05) is 6.07 Å². The van der Waals surface area contributed by atoms with Crippen molar-refractivity contribution in [2.24, 2.45) is 0 Å². The van der Waals surface area contributed by atoms with Gasteiger partial charge in [-0.15, -0.1) is 0 Å². The Hall–Kier alpha value is -2.13. The van der Waals surface area contributed by atoms with Gasteiger partial charge in [0.1, 0.15) is 5.75 Å². The van der Waals surface area contributed by atoms with Gasteiger partial charge in [0.15, 0.2) is 5.11 Å². The largest absolute Gasteiger partial charge is 0.497 e. The van der Waals surface area contributed by atoms with Crippen molar-refractivity contribution in [1.29, 1.82) is 0 Å². The molecule has 144 valence electrons. The van der Waals surface area contributed by atoms with Crippen LogP contribution < -0.4 is 15.0 Å². The molecular formula is C21H21IN4OS. The number of methoxy groups -OCH3 is 1. The number of rotatable bonds is 4. The molecule has 0 saturated carbocycles. The van der Waals surface area contributed by atoms with Gasteiger partial charge in [-0.3, -0.25) is 4.98 Å². The van der Waals surface area contributed by atoms with E-state index in [0.29, 0.717) is 5.11 Å². The summed E-state index contributed by atoms with van der Waals surface area (Å²) < 4.78 is 6.55. The number of anilines is 1. The molecule has 0 amide bonds. The molecule has 3 heterocycles. The highest BCUT2D eigenvalue weighted by atomic mass is 127. The molecule has 7 heteroatoms. The second-order valence-electron chi connectivity index (χ2n) is 6.80. The molecule has 1 aliphatic heterocycles. The molecule has 0 unspecified atom stereocenters. The van der Waals surface area contributed by atoms with Crippen molar-refractivity contribution < 1.29 is 4.74 Å². The molecule has 2 atom stereocenters. The number of nitrogens with zero attached hydrogens (tertiary/aromatic N) is 2. The average molecular weight is 504 g/mol. The second-order valence-corrected chi connectivity index (χ2v) is 8.26. The highest BCUT2D eigenvalue weighted by molar-refractivity contribution is 14.1. The molecule has 0 aliphatic carbocycles. The summed E-state index contributed by atoms with van der Waals surface area (Å²) in [5.41, 5.74) is 5.56. The molecule has 4 rings (SSSR count). The minimum absolute atomic E-state index is 0.00681. The van der Waals surface area contributed by atoms with E-state index in [9.17, 15) is 0 Å². The van der Waals surface area contributed by atoms with Gasteiger partial charge < -0.3 is 19.9 Å². The van der Waals surface area contributed by atoms with E-state index in [0.717, 1.165) is 22.8 Å². The van der Waals surface area contributed by atoms with E-state index in [2.05, 4.69) is 56.6 Å². The Morgan fingerprint density at radius 2 is 1.86 bits per heavy atom. The molecule has 1 aromatic carbocycles. The monoisotopic (exact) mass is 504 g/mol. The van der Waals surface area contributed by atoms with Crippen molar-refractivity contribution in [2.45, 2.75) is 25.9 Å². The fourth-order valence-electron chi connectivity index (χ4n) is 3.79. The van der Waals surface area contributed by atoms with Gasteiger partial charge in [-0.2, -0.15) is 0 Å². The van der Waals surface area contributed by atoms with Crippen LogP contribution in [-0.4, -0.2) is 22.2 Å². The minimum atomic E-state index is -0.0433. The standard InChI is InChI=1S/C21H21IN4OS/c1-12-17(18(22)13(2)24-12)20-19(16-6-4-5-11-23-16)25-21(28)26(20)14-7-9-15(27-3)10-8-14/h4-11,19-20,24H,1-3H3,(H,25,28)/t19-,20+/m1/s1. The lowest BCUT2D eigenvalue weighted by atomic mass is 9.96. The number of aromatic nitrogens is 2. The number of halogens is 1. The summed E-state index contributed by atoms with van der Waals surface area (Å²) >= 11 is 8.20. The topological polar surface area (TPSA) is 53.2 Å². The molecule has 2 N–H and O–H groups in total. The molecule has 1 aliphatic rings. The smallest absolute Gasteiger partial charge is 0.174 e. The highest BCUT2D eigenvalue weighted by Gasteiger charge is 2.42. The van der Waals surface area contributed by atoms with Crippen LogP contribution in [0.1, 0.15) is 34.7 Å². The number of H-pyrrole nitrogens is 1. The van der Waals surface area contributed by atoms with Gasteiger partial charge in [0.05, 0.1) is 24.9 Å². The number of thiocarbonyl (C=S) groups is 1. The molecule has 28 heavy (non-hydrogen) atoms. The summed E-state index contributed by atoms with van der Waals surface area (Å²) in [6.45, 7) is 4.22. The third-order valence-corrected chi connectivity index (χ3v) is 6.79. The Kier molecular flexibility index (Phi) is 5.29. The van der Waals surface area contributed by atoms with Crippen molar-refractivity contribution in [3.63, 3.8) is 0 Å². The zero-order valence-electron chi connectivity index (χ0n) is 15.9. The van der Waals surface area contributed by atoms with Crippen molar-refractivity contribution in [3.8, 4) is 5.75 Å². The predicted octanol–water partition coefficient (Wildman–Crippen LogP) is 4.82. The van der Waals surface area contributed by atoms with Crippen molar-refractivity contribution in [1.82, 2.24) is 15.3 Å². The molecule has 0 spiro atoms. The first-order valence-electron chi connectivity index (χ1n) is 9.00. The van der Waals surface area contributed by atoms with E-state index in [1.54, 1.807) is 7.11 Å². The highest BCUT2D eigenvalue weighted by Crippen LogP contribution is 2.44. The number of aromatic amines is 1. The Balaban J connectivity index is 1.87. The first-order chi connectivity index (χ1) is 13.5. The van der Waals surface area contributed by atoms with E-state index in [1.165, 1.54) is 14.8 Å². The molecular weight excluding hydrogens is 483 g/mol. The first kappa shape index (κ1) is 19.2. The Bertz CT molecular complexity index is 1000. The summed E-state index contributed by atoms with van der Waals surface area (Å²) in [6.07, 6.45) is 1.83. The fraction of sp³-hybridized carbons (Fsp3) is 0.238. The van der Waals surface area contributed by atoms with Crippen LogP contribution in [0.25, 0.3) is 0 Å². The summed E-state index contributed by atoms with van der Waals surface area (Å²) in [5, 5.41) is 4.20. The molecule has 2 aromatic heterocycles. The fourth-order valence-corrected chi connectivity index (χ4v) is 5.00. The molecule has 0 bridgehead atoms. The van der Waals surface area contributed by atoms with E-state index in [4.69, 9.17) is 17.0 Å². The summed E-state index contributed by atoms with van der Waals surface area (Å²) in [7, 11) is 1.67. The Morgan fingerprint density at radius 1 is 1.11 bits per heavy atom. The van der Waals surface area contributed by atoms with Crippen molar-refractivity contribution in [3.05, 3.63) is 74.9 Å². The van der Waals surface area contributed by atoms with E-state index in [-0.39, 0.29) is 12.1 Å². The molecule has 0 radical (unpaired) electrons. The molecule has 5 nitrogen and oxygen atoms in total. The average Bonchev–Trinajstić information content (AvgIpc) is 3.17. The lowest BCUT2D eigenvalue weighted by Crippen LogP contribution is -2.29. The molecule has 1 saturated heterocycles. The quantitative estimate of drug-likeness (QED) is 0.395. The van der Waals surface area contributed by atoms with Gasteiger partial charge in [0, 0.05) is 32.4 Å². The predicted molar refractivity (Wildman–Crippen MR) is 124 cm³/mol. The van der Waals surface area contributed by atoms with Crippen LogP contribution in [0.2, 0.25) is 0 Å². The van der Waals surface area contributed by atoms with Gasteiger partial charge in [-0.05, 0) is 85.1 Å².